The Hall–Kier alpha value is -2.83. The molecule has 1 heterocycles. The van der Waals surface area contributed by atoms with Gasteiger partial charge in [-0.3, -0.25) is 5.32 Å². The number of benzene rings is 1. The molecule has 7 heteroatoms. The van der Waals surface area contributed by atoms with Gasteiger partial charge >= 0.3 is 12.1 Å². The van der Waals surface area contributed by atoms with E-state index in [0.29, 0.717) is 5.82 Å². The van der Waals surface area contributed by atoms with E-state index in [4.69, 9.17) is 4.74 Å². The van der Waals surface area contributed by atoms with E-state index in [9.17, 15) is 14.7 Å². The molecule has 2 N–H and O–H groups in total. The van der Waals surface area contributed by atoms with Crippen molar-refractivity contribution in [3.63, 3.8) is 0 Å². The zero-order valence-electron chi connectivity index (χ0n) is 13.5. The average Bonchev–Trinajstić information content (AvgIpc) is 2.75. The predicted molar refractivity (Wildman–Crippen MR) is 85.5 cm³/mol. The highest BCUT2D eigenvalue weighted by atomic mass is 16.6. The summed E-state index contributed by atoms with van der Waals surface area (Å²) in [7, 11) is 1.63. The smallest absolute Gasteiger partial charge is 0.413 e. The van der Waals surface area contributed by atoms with Crippen LogP contribution in [0.2, 0.25) is 0 Å². The van der Waals surface area contributed by atoms with Crippen molar-refractivity contribution >= 4 is 17.9 Å². The number of carbonyl (C=O) groups excluding carboxylic acids is 1. The Balaban J connectivity index is 2.41. The predicted octanol–water partition coefficient (Wildman–Crippen LogP) is 3.13. The van der Waals surface area contributed by atoms with Crippen molar-refractivity contribution in [1.82, 2.24) is 9.55 Å². The van der Waals surface area contributed by atoms with Crippen LogP contribution in [0.15, 0.2) is 30.3 Å². The summed E-state index contributed by atoms with van der Waals surface area (Å²) in [6.07, 6.45) is -0.734. The Morgan fingerprint density at radius 3 is 2.35 bits per heavy atom. The summed E-state index contributed by atoms with van der Waals surface area (Å²) in [5, 5.41) is 11.8. The molecule has 1 aromatic carbocycles. The van der Waals surface area contributed by atoms with Crippen LogP contribution in [0.3, 0.4) is 0 Å². The number of carboxylic acids is 1. The number of aromatic carboxylic acids is 1. The summed E-state index contributed by atoms with van der Waals surface area (Å²) in [4.78, 5) is 27.5. The molecule has 0 saturated heterocycles. The monoisotopic (exact) mass is 317 g/mol. The van der Waals surface area contributed by atoms with Crippen LogP contribution in [0.25, 0.3) is 11.4 Å². The van der Waals surface area contributed by atoms with E-state index in [1.807, 2.05) is 30.3 Å². The largest absolute Gasteiger partial charge is 0.476 e. The molecule has 0 aliphatic rings. The van der Waals surface area contributed by atoms with Crippen LogP contribution in [0.5, 0.6) is 0 Å². The van der Waals surface area contributed by atoms with Crippen LogP contribution >= 0.6 is 0 Å². The molecule has 7 nitrogen and oxygen atoms in total. The molecule has 0 saturated carbocycles. The number of nitrogens with zero attached hydrogens (tertiary/aromatic N) is 2. The number of rotatable bonds is 3. The summed E-state index contributed by atoms with van der Waals surface area (Å²) in [6.45, 7) is 5.18. The zero-order chi connectivity index (χ0) is 17.2. The highest BCUT2D eigenvalue weighted by molar-refractivity contribution is 5.97. The Bertz CT molecular complexity index is 730. The highest BCUT2D eigenvalue weighted by Gasteiger charge is 2.24. The lowest BCUT2D eigenvalue weighted by Crippen LogP contribution is -2.28. The number of nitrogens with one attached hydrogen (secondary N) is 1. The van der Waals surface area contributed by atoms with Gasteiger partial charge in [-0.15, -0.1) is 0 Å². The van der Waals surface area contributed by atoms with Crippen LogP contribution in [0.1, 0.15) is 31.3 Å². The normalized spacial score (nSPS) is 11.1. The number of anilines is 1. The Labute approximate surface area is 133 Å². The van der Waals surface area contributed by atoms with Crippen LogP contribution in [0.4, 0.5) is 10.6 Å². The number of hydrogen-bond acceptors (Lipinski definition) is 4. The fourth-order valence-electron chi connectivity index (χ4n) is 2.04. The van der Waals surface area contributed by atoms with E-state index >= 15 is 0 Å². The number of amides is 1. The van der Waals surface area contributed by atoms with Crippen molar-refractivity contribution in [3.8, 4) is 11.4 Å². The van der Waals surface area contributed by atoms with Gasteiger partial charge in [0.05, 0.1) is 0 Å². The van der Waals surface area contributed by atoms with Crippen molar-refractivity contribution in [2.24, 2.45) is 7.05 Å². The quantitative estimate of drug-likeness (QED) is 0.907. The molecule has 0 atom stereocenters. The van der Waals surface area contributed by atoms with Crippen LogP contribution < -0.4 is 5.32 Å². The SMILES string of the molecule is Cn1c(-c2ccccc2)nc(C(=O)O)c1NC(=O)OC(C)(C)C. The zero-order valence-corrected chi connectivity index (χ0v) is 13.5. The molecule has 2 aromatic rings. The number of hydrogen-bond donors (Lipinski definition) is 2. The van der Waals surface area contributed by atoms with Gasteiger partial charge in [-0.05, 0) is 20.8 Å². The van der Waals surface area contributed by atoms with Gasteiger partial charge in [0.2, 0.25) is 0 Å². The molecule has 1 amide bonds. The molecule has 2 rings (SSSR count). The fraction of sp³-hybridized carbons (Fsp3) is 0.312. The fourth-order valence-corrected chi connectivity index (χ4v) is 2.04. The minimum absolute atomic E-state index is 0.0746. The Morgan fingerprint density at radius 2 is 1.83 bits per heavy atom. The summed E-state index contributed by atoms with van der Waals surface area (Å²) in [5.41, 5.74) is -0.180. The van der Waals surface area contributed by atoms with Gasteiger partial charge in [0.15, 0.2) is 11.5 Å². The summed E-state index contributed by atoms with van der Waals surface area (Å²) >= 11 is 0. The van der Waals surface area contributed by atoms with Crippen molar-refractivity contribution in [3.05, 3.63) is 36.0 Å². The van der Waals surface area contributed by atoms with Gasteiger partial charge in [0, 0.05) is 12.6 Å². The third-order valence-electron chi connectivity index (χ3n) is 2.95. The maximum atomic E-state index is 11.9. The van der Waals surface area contributed by atoms with Crippen LogP contribution in [0, 0.1) is 0 Å². The first kappa shape index (κ1) is 16.5. The molecule has 0 radical (unpaired) electrons. The van der Waals surface area contributed by atoms with Gasteiger partial charge in [0.1, 0.15) is 11.4 Å². The molecule has 0 unspecified atom stereocenters. The first-order valence-corrected chi connectivity index (χ1v) is 7.04. The lowest BCUT2D eigenvalue weighted by atomic mass is 10.2. The first-order valence-electron chi connectivity index (χ1n) is 7.04. The maximum Gasteiger partial charge on any atom is 0.413 e. The summed E-state index contributed by atoms with van der Waals surface area (Å²) in [5.74, 6) is -0.714. The van der Waals surface area contributed by atoms with Crippen molar-refractivity contribution in [2.45, 2.75) is 26.4 Å². The number of imidazole rings is 1. The summed E-state index contributed by atoms with van der Waals surface area (Å²) in [6, 6.07) is 9.12. The molecule has 0 spiro atoms. The molecule has 0 aliphatic heterocycles. The van der Waals surface area contributed by atoms with Crippen LogP contribution in [-0.4, -0.2) is 32.3 Å². The van der Waals surface area contributed by atoms with Crippen molar-refractivity contribution in [1.29, 1.82) is 0 Å². The highest BCUT2D eigenvalue weighted by Crippen LogP contribution is 2.25. The second kappa shape index (κ2) is 6.12. The molecule has 23 heavy (non-hydrogen) atoms. The molecular formula is C16H19N3O4. The second-order valence-corrected chi connectivity index (χ2v) is 5.99. The average molecular weight is 317 g/mol. The third kappa shape index (κ3) is 3.88. The molecular weight excluding hydrogens is 298 g/mol. The number of ether oxygens (including phenoxy) is 1. The molecule has 0 aliphatic carbocycles. The maximum absolute atomic E-state index is 11.9. The Morgan fingerprint density at radius 1 is 1.22 bits per heavy atom. The third-order valence-corrected chi connectivity index (χ3v) is 2.95. The van der Waals surface area contributed by atoms with Crippen molar-refractivity contribution in [2.75, 3.05) is 5.32 Å². The number of carboxylic acid groups (broad SMARTS) is 1. The molecule has 122 valence electrons. The molecule has 1 aromatic heterocycles. The lowest BCUT2D eigenvalue weighted by Gasteiger charge is -2.19. The lowest BCUT2D eigenvalue weighted by molar-refractivity contribution is 0.0635. The topological polar surface area (TPSA) is 93.5 Å². The van der Waals surface area contributed by atoms with Gasteiger partial charge < -0.3 is 14.4 Å². The van der Waals surface area contributed by atoms with E-state index in [1.54, 1.807) is 27.8 Å². The minimum Gasteiger partial charge on any atom is -0.476 e. The second-order valence-electron chi connectivity index (χ2n) is 5.99. The summed E-state index contributed by atoms with van der Waals surface area (Å²) < 4.78 is 6.68. The van der Waals surface area contributed by atoms with E-state index < -0.39 is 17.7 Å². The first-order chi connectivity index (χ1) is 10.7. The van der Waals surface area contributed by atoms with E-state index in [0.717, 1.165) is 5.56 Å². The molecule has 0 fully saturated rings. The van der Waals surface area contributed by atoms with Gasteiger partial charge in [-0.2, -0.15) is 0 Å². The van der Waals surface area contributed by atoms with E-state index in [2.05, 4.69) is 10.3 Å². The molecule has 0 bridgehead atoms. The standard InChI is InChI=1S/C16H19N3O4/c1-16(2,3)23-15(22)18-13-11(14(20)21)17-12(19(13)4)10-8-6-5-7-9-10/h5-9H,1-4H3,(H,18,22)(H,20,21). The van der Waals surface area contributed by atoms with Gasteiger partial charge in [-0.1, -0.05) is 30.3 Å². The van der Waals surface area contributed by atoms with E-state index in [1.165, 1.54) is 4.57 Å². The number of carbonyl (C=O) groups is 2. The van der Waals surface area contributed by atoms with Gasteiger partial charge in [-0.25, -0.2) is 14.6 Å². The minimum atomic E-state index is -1.23. The van der Waals surface area contributed by atoms with E-state index in [-0.39, 0.29) is 11.5 Å². The van der Waals surface area contributed by atoms with Crippen molar-refractivity contribution < 1.29 is 19.4 Å². The Kier molecular flexibility index (Phi) is 4.40. The van der Waals surface area contributed by atoms with Crippen LogP contribution in [-0.2, 0) is 11.8 Å². The number of aromatic nitrogens is 2. The van der Waals surface area contributed by atoms with Gasteiger partial charge in [0.25, 0.3) is 0 Å².